The molecule has 0 aromatic heterocycles. The number of carbonyl (C=O) groups is 1. The number of halogens is 1. The molecule has 1 atom stereocenters. The van der Waals surface area contributed by atoms with Crippen LogP contribution in [0.5, 0.6) is 0 Å². The molecule has 0 saturated heterocycles. The number of carboxylic acid groups (broad SMARTS) is 1. The lowest BCUT2D eigenvalue weighted by molar-refractivity contribution is -0.138. The number of hydrogen-bond donors (Lipinski definition) is 1. The first-order valence-electron chi connectivity index (χ1n) is 4.24. The van der Waals surface area contributed by atoms with Crippen molar-refractivity contribution in [3.8, 4) is 0 Å². The second-order valence-electron chi connectivity index (χ2n) is 2.97. The van der Waals surface area contributed by atoms with Crippen LogP contribution in [0.15, 0.2) is 36.9 Å². The number of aliphatic carboxylic acids is 1. The van der Waals surface area contributed by atoms with E-state index in [-0.39, 0.29) is 0 Å². The van der Waals surface area contributed by atoms with Crippen LogP contribution in [0.2, 0.25) is 0 Å². The largest absolute Gasteiger partial charge is 0.481 e. The van der Waals surface area contributed by atoms with Crippen LogP contribution < -0.4 is 0 Å². The van der Waals surface area contributed by atoms with Gasteiger partial charge in [0.2, 0.25) is 0 Å². The predicted octanol–water partition coefficient (Wildman–Crippen LogP) is 2.57. The second-order valence-corrected chi connectivity index (χ2v) is 2.97. The van der Waals surface area contributed by atoms with Crippen molar-refractivity contribution in [3.05, 3.63) is 48.3 Å². The summed E-state index contributed by atoms with van der Waals surface area (Å²) in [6.45, 7) is 3.47. The number of allylic oxidation sites excluding steroid dienone is 1. The van der Waals surface area contributed by atoms with Gasteiger partial charge in [-0.15, -0.1) is 6.58 Å². The summed E-state index contributed by atoms with van der Waals surface area (Å²) < 4.78 is 12.8. The Hall–Kier alpha value is -1.64. The molecule has 0 fully saturated rings. The molecule has 1 aromatic carbocycles. The van der Waals surface area contributed by atoms with Crippen molar-refractivity contribution in [2.24, 2.45) is 0 Å². The average molecular weight is 194 g/mol. The minimum atomic E-state index is -0.963. The fourth-order valence-electron chi connectivity index (χ4n) is 1.27. The highest BCUT2D eigenvalue weighted by atomic mass is 19.1. The molecule has 0 aliphatic carbocycles. The van der Waals surface area contributed by atoms with Crippen LogP contribution in [-0.4, -0.2) is 11.1 Å². The third-order valence-corrected chi connectivity index (χ3v) is 1.95. The Balaban J connectivity index is 2.98. The SMILES string of the molecule is C=CC[C@@H](C(=O)O)c1cccc(F)c1. The third kappa shape index (κ3) is 2.42. The molecule has 2 nitrogen and oxygen atoms in total. The molecule has 3 heteroatoms. The van der Waals surface area contributed by atoms with Crippen molar-refractivity contribution >= 4 is 5.97 Å². The first-order valence-corrected chi connectivity index (χ1v) is 4.24. The van der Waals surface area contributed by atoms with Crippen molar-refractivity contribution in [2.45, 2.75) is 12.3 Å². The van der Waals surface area contributed by atoms with Crippen molar-refractivity contribution in [3.63, 3.8) is 0 Å². The van der Waals surface area contributed by atoms with Gasteiger partial charge in [0.05, 0.1) is 5.92 Å². The minimum Gasteiger partial charge on any atom is -0.481 e. The highest BCUT2D eigenvalue weighted by Gasteiger charge is 2.18. The van der Waals surface area contributed by atoms with E-state index in [0.29, 0.717) is 12.0 Å². The standard InChI is InChI=1S/C11H11FO2/c1-2-4-10(11(13)14)8-5-3-6-9(12)7-8/h2-3,5-7,10H,1,4H2,(H,13,14)/t10-/m1/s1. The first kappa shape index (κ1) is 10.4. The molecule has 1 aromatic rings. The Morgan fingerprint density at radius 3 is 2.86 bits per heavy atom. The number of hydrogen-bond acceptors (Lipinski definition) is 1. The fraction of sp³-hybridized carbons (Fsp3) is 0.182. The Labute approximate surface area is 81.7 Å². The maximum absolute atomic E-state index is 12.8. The molecule has 0 radical (unpaired) electrons. The molecule has 0 spiro atoms. The molecule has 1 N–H and O–H groups in total. The van der Waals surface area contributed by atoms with Gasteiger partial charge in [-0.1, -0.05) is 18.2 Å². The van der Waals surface area contributed by atoms with Crippen LogP contribution in [0.4, 0.5) is 4.39 Å². The minimum absolute atomic E-state index is 0.304. The molecule has 0 amide bonds. The zero-order valence-corrected chi connectivity index (χ0v) is 7.61. The van der Waals surface area contributed by atoms with E-state index in [1.54, 1.807) is 6.07 Å². The second kappa shape index (κ2) is 4.56. The third-order valence-electron chi connectivity index (χ3n) is 1.95. The summed E-state index contributed by atoms with van der Waals surface area (Å²) in [5.74, 6) is -2.09. The number of rotatable bonds is 4. The molecule has 14 heavy (non-hydrogen) atoms. The molecule has 0 heterocycles. The predicted molar refractivity (Wildman–Crippen MR) is 51.6 cm³/mol. The van der Waals surface area contributed by atoms with Gasteiger partial charge < -0.3 is 5.11 Å². The van der Waals surface area contributed by atoms with Crippen molar-refractivity contribution in [2.75, 3.05) is 0 Å². The van der Waals surface area contributed by atoms with Gasteiger partial charge in [-0.3, -0.25) is 4.79 Å². The average Bonchev–Trinajstić information content (AvgIpc) is 2.13. The quantitative estimate of drug-likeness (QED) is 0.748. The van der Waals surface area contributed by atoms with Gasteiger partial charge in [-0.25, -0.2) is 4.39 Å². The van der Waals surface area contributed by atoms with Gasteiger partial charge in [0, 0.05) is 0 Å². The van der Waals surface area contributed by atoms with Crippen molar-refractivity contribution < 1.29 is 14.3 Å². The summed E-state index contributed by atoms with van der Waals surface area (Å²) in [6, 6.07) is 5.63. The van der Waals surface area contributed by atoms with Gasteiger partial charge in [-0.2, -0.15) is 0 Å². The fourth-order valence-corrected chi connectivity index (χ4v) is 1.27. The molecule has 0 aliphatic rings. The summed E-state index contributed by atoms with van der Waals surface area (Å²) in [7, 11) is 0. The summed E-state index contributed by atoms with van der Waals surface area (Å²) in [4.78, 5) is 10.8. The summed E-state index contributed by atoms with van der Waals surface area (Å²) in [6.07, 6.45) is 1.82. The van der Waals surface area contributed by atoms with Crippen LogP contribution in [0, 0.1) is 5.82 Å². The van der Waals surface area contributed by atoms with E-state index in [1.807, 2.05) is 0 Å². The van der Waals surface area contributed by atoms with E-state index in [0.717, 1.165) is 0 Å². The topological polar surface area (TPSA) is 37.3 Å². The smallest absolute Gasteiger partial charge is 0.311 e. The van der Waals surface area contributed by atoms with Crippen molar-refractivity contribution in [1.82, 2.24) is 0 Å². The normalized spacial score (nSPS) is 12.1. The van der Waals surface area contributed by atoms with Crippen LogP contribution in [0.1, 0.15) is 17.9 Å². The maximum Gasteiger partial charge on any atom is 0.311 e. The number of carboxylic acids is 1. The van der Waals surface area contributed by atoms with Crippen LogP contribution >= 0.6 is 0 Å². The molecule has 0 aliphatic heterocycles. The molecule has 0 unspecified atom stereocenters. The Bertz CT molecular complexity index is 347. The zero-order valence-electron chi connectivity index (χ0n) is 7.61. The first-order chi connectivity index (χ1) is 6.65. The van der Waals surface area contributed by atoms with E-state index >= 15 is 0 Å². The van der Waals surface area contributed by atoms with Gasteiger partial charge in [0.1, 0.15) is 5.82 Å². The van der Waals surface area contributed by atoms with Crippen molar-refractivity contribution in [1.29, 1.82) is 0 Å². The molecular formula is C11H11FO2. The molecule has 0 bridgehead atoms. The Kier molecular flexibility index (Phi) is 3.40. The lowest BCUT2D eigenvalue weighted by atomic mass is 9.96. The van der Waals surface area contributed by atoms with E-state index < -0.39 is 17.7 Å². The summed E-state index contributed by atoms with van der Waals surface area (Å²) in [5.41, 5.74) is 0.470. The van der Waals surface area contributed by atoms with Gasteiger partial charge in [-0.05, 0) is 24.1 Å². The Morgan fingerprint density at radius 2 is 2.36 bits per heavy atom. The highest BCUT2D eigenvalue weighted by molar-refractivity contribution is 5.76. The van der Waals surface area contributed by atoms with Gasteiger partial charge in [0.15, 0.2) is 0 Å². The zero-order chi connectivity index (χ0) is 10.6. The Morgan fingerprint density at radius 1 is 1.64 bits per heavy atom. The molecule has 0 saturated carbocycles. The van der Waals surface area contributed by atoms with Crippen LogP contribution in [-0.2, 0) is 4.79 Å². The van der Waals surface area contributed by atoms with Crippen LogP contribution in [0.25, 0.3) is 0 Å². The lowest BCUT2D eigenvalue weighted by Gasteiger charge is -2.09. The van der Waals surface area contributed by atoms with E-state index in [9.17, 15) is 9.18 Å². The van der Waals surface area contributed by atoms with Gasteiger partial charge >= 0.3 is 5.97 Å². The monoisotopic (exact) mass is 194 g/mol. The van der Waals surface area contributed by atoms with E-state index in [2.05, 4.69) is 6.58 Å². The highest BCUT2D eigenvalue weighted by Crippen LogP contribution is 2.20. The van der Waals surface area contributed by atoms with E-state index in [1.165, 1.54) is 24.3 Å². The molecule has 74 valence electrons. The molecular weight excluding hydrogens is 183 g/mol. The van der Waals surface area contributed by atoms with Crippen LogP contribution in [0.3, 0.4) is 0 Å². The molecule has 1 rings (SSSR count). The summed E-state index contributed by atoms with van der Waals surface area (Å²) >= 11 is 0. The van der Waals surface area contributed by atoms with Gasteiger partial charge in [0.25, 0.3) is 0 Å². The lowest BCUT2D eigenvalue weighted by Crippen LogP contribution is -2.10. The summed E-state index contributed by atoms with van der Waals surface area (Å²) in [5, 5.41) is 8.88. The number of benzene rings is 1. The van der Waals surface area contributed by atoms with E-state index in [4.69, 9.17) is 5.11 Å². The maximum atomic E-state index is 12.8.